The Hall–Kier alpha value is -1.32. The smallest absolute Gasteiger partial charge is 0.129 e. The van der Waals surface area contributed by atoms with Crippen molar-refractivity contribution in [2.45, 2.75) is 31.7 Å². The molecule has 1 heterocycles. The fourth-order valence-electron chi connectivity index (χ4n) is 3.03. The van der Waals surface area contributed by atoms with Crippen molar-refractivity contribution >= 4 is 11.3 Å². The van der Waals surface area contributed by atoms with E-state index >= 15 is 0 Å². The first kappa shape index (κ1) is 13.7. The maximum atomic E-state index is 5.31. The summed E-state index contributed by atoms with van der Waals surface area (Å²) in [4.78, 5) is 1.38. The first-order valence-electron chi connectivity index (χ1n) is 7.25. The molecule has 0 spiro atoms. The predicted molar refractivity (Wildman–Crippen MR) is 84.8 cm³/mol. The quantitative estimate of drug-likeness (QED) is 0.862. The Morgan fingerprint density at radius 1 is 1.40 bits per heavy atom. The summed E-state index contributed by atoms with van der Waals surface area (Å²) >= 11 is 1.79. The highest BCUT2D eigenvalue weighted by Gasteiger charge is 2.28. The Morgan fingerprint density at radius 3 is 2.95 bits per heavy atom. The van der Waals surface area contributed by atoms with Crippen molar-refractivity contribution in [2.75, 3.05) is 13.7 Å². The third kappa shape index (κ3) is 2.60. The summed E-state index contributed by atoms with van der Waals surface area (Å²) in [6.07, 6.45) is 2.40. The molecule has 20 heavy (non-hydrogen) atoms. The van der Waals surface area contributed by atoms with Crippen molar-refractivity contribution in [2.24, 2.45) is 0 Å². The molecule has 0 amide bonds. The van der Waals surface area contributed by atoms with E-state index in [4.69, 9.17) is 4.74 Å². The van der Waals surface area contributed by atoms with Crippen LogP contribution in [0.25, 0.3) is 0 Å². The molecule has 106 valence electrons. The minimum absolute atomic E-state index is 0.437. The highest BCUT2D eigenvalue weighted by Crippen LogP contribution is 2.42. The van der Waals surface area contributed by atoms with Crippen molar-refractivity contribution in [3.63, 3.8) is 0 Å². The highest BCUT2D eigenvalue weighted by atomic mass is 32.1. The van der Waals surface area contributed by atoms with Gasteiger partial charge in [-0.1, -0.05) is 31.2 Å². The lowest BCUT2D eigenvalue weighted by Gasteiger charge is -2.33. The molecule has 0 saturated carbocycles. The van der Waals surface area contributed by atoms with E-state index in [0.29, 0.717) is 12.0 Å². The van der Waals surface area contributed by atoms with E-state index < -0.39 is 0 Å². The number of rotatable bonds is 6. The van der Waals surface area contributed by atoms with E-state index in [1.165, 1.54) is 23.3 Å². The molecule has 1 aromatic heterocycles. The number of methoxy groups -OCH3 is 1. The molecule has 2 unspecified atom stereocenters. The molecule has 0 radical (unpaired) electrons. The van der Waals surface area contributed by atoms with Gasteiger partial charge in [0.1, 0.15) is 5.75 Å². The SMILES string of the molecule is CCNC(CC1Cc2ccccc21)c1cc(OC)cs1. The van der Waals surface area contributed by atoms with Gasteiger partial charge in [0.2, 0.25) is 0 Å². The molecule has 2 nitrogen and oxygen atoms in total. The number of nitrogens with one attached hydrogen (secondary N) is 1. The average Bonchev–Trinajstić information content (AvgIpc) is 2.92. The zero-order chi connectivity index (χ0) is 13.9. The Balaban J connectivity index is 1.72. The van der Waals surface area contributed by atoms with Crippen LogP contribution in [0.4, 0.5) is 0 Å². The lowest BCUT2D eigenvalue weighted by Crippen LogP contribution is -2.26. The van der Waals surface area contributed by atoms with Crippen LogP contribution >= 0.6 is 11.3 Å². The van der Waals surface area contributed by atoms with Crippen LogP contribution in [0.15, 0.2) is 35.7 Å². The van der Waals surface area contributed by atoms with Gasteiger partial charge in [-0.3, -0.25) is 0 Å². The zero-order valence-corrected chi connectivity index (χ0v) is 12.9. The minimum Gasteiger partial charge on any atom is -0.496 e. The number of ether oxygens (including phenoxy) is 1. The number of fused-ring (bicyclic) bond motifs is 1. The van der Waals surface area contributed by atoms with Gasteiger partial charge < -0.3 is 10.1 Å². The maximum absolute atomic E-state index is 5.31. The molecule has 1 N–H and O–H groups in total. The number of thiophene rings is 1. The van der Waals surface area contributed by atoms with Crippen molar-refractivity contribution in [1.82, 2.24) is 5.32 Å². The number of hydrogen-bond acceptors (Lipinski definition) is 3. The first-order valence-corrected chi connectivity index (χ1v) is 8.13. The summed E-state index contributed by atoms with van der Waals surface area (Å²) in [5.74, 6) is 1.67. The first-order chi connectivity index (χ1) is 9.81. The second-order valence-corrected chi connectivity index (χ2v) is 6.28. The van der Waals surface area contributed by atoms with Crippen molar-refractivity contribution in [1.29, 1.82) is 0 Å². The van der Waals surface area contributed by atoms with Crippen LogP contribution in [-0.4, -0.2) is 13.7 Å². The summed E-state index contributed by atoms with van der Waals surface area (Å²) in [6.45, 7) is 3.17. The lowest BCUT2D eigenvalue weighted by molar-refractivity contribution is 0.413. The van der Waals surface area contributed by atoms with E-state index in [1.54, 1.807) is 24.0 Å². The summed E-state index contributed by atoms with van der Waals surface area (Å²) in [5, 5.41) is 5.71. The van der Waals surface area contributed by atoms with E-state index in [9.17, 15) is 0 Å². The van der Waals surface area contributed by atoms with Crippen molar-refractivity contribution in [3.8, 4) is 5.75 Å². The van der Waals surface area contributed by atoms with Gasteiger partial charge in [-0.15, -0.1) is 11.3 Å². The molecule has 1 aliphatic rings. The van der Waals surface area contributed by atoms with Crippen LogP contribution in [0.2, 0.25) is 0 Å². The van der Waals surface area contributed by atoms with Gasteiger partial charge in [0.15, 0.2) is 0 Å². The Labute approximate surface area is 124 Å². The minimum atomic E-state index is 0.437. The van der Waals surface area contributed by atoms with Crippen LogP contribution in [0.1, 0.15) is 41.3 Å². The van der Waals surface area contributed by atoms with E-state index in [0.717, 1.165) is 12.3 Å². The van der Waals surface area contributed by atoms with Crippen LogP contribution < -0.4 is 10.1 Å². The molecule has 3 rings (SSSR count). The highest BCUT2D eigenvalue weighted by molar-refractivity contribution is 7.10. The molecule has 0 fully saturated rings. The molecule has 3 heteroatoms. The number of hydrogen-bond donors (Lipinski definition) is 1. The molecule has 2 atom stereocenters. The third-order valence-corrected chi connectivity index (χ3v) is 5.13. The number of benzene rings is 1. The third-order valence-electron chi connectivity index (χ3n) is 4.11. The van der Waals surface area contributed by atoms with Gasteiger partial charge in [-0.2, -0.15) is 0 Å². The monoisotopic (exact) mass is 287 g/mol. The normalized spacial score (nSPS) is 18.2. The molecule has 2 aromatic rings. The van der Waals surface area contributed by atoms with Gasteiger partial charge in [-0.25, -0.2) is 0 Å². The van der Waals surface area contributed by atoms with E-state index in [1.807, 2.05) is 0 Å². The van der Waals surface area contributed by atoms with Crippen molar-refractivity contribution in [3.05, 3.63) is 51.7 Å². The second-order valence-electron chi connectivity index (χ2n) is 5.33. The van der Waals surface area contributed by atoms with Crippen LogP contribution in [0, 0.1) is 0 Å². The topological polar surface area (TPSA) is 21.3 Å². The maximum Gasteiger partial charge on any atom is 0.129 e. The largest absolute Gasteiger partial charge is 0.496 e. The molecular formula is C17H21NOS. The van der Waals surface area contributed by atoms with Crippen LogP contribution in [0.3, 0.4) is 0 Å². The Morgan fingerprint density at radius 2 is 2.25 bits per heavy atom. The van der Waals surface area contributed by atoms with Crippen molar-refractivity contribution < 1.29 is 4.74 Å². The van der Waals surface area contributed by atoms with Gasteiger partial charge in [0.05, 0.1) is 7.11 Å². The predicted octanol–water partition coefficient (Wildman–Crippen LogP) is 4.14. The van der Waals surface area contributed by atoms with Crippen LogP contribution in [-0.2, 0) is 6.42 Å². The molecule has 0 bridgehead atoms. The van der Waals surface area contributed by atoms with Gasteiger partial charge >= 0.3 is 0 Å². The molecule has 0 aliphatic heterocycles. The second kappa shape index (κ2) is 5.98. The standard InChI is InChI=1S/C17H21NOS/c1-3-18-16(17-10-14(19-2)11-20-17)9-13-8-12-6-4-5-7-15(12)13/h4-7,10-11,13,16,18H,3,8-9H2,1-2H3. The Kier molecular flexibility index (Phi) is 4.08. The molecule has 0 saturated heterocycles. The van der Waals surface area contributed by atoms with Gasteiger partial charge in [-0.05, 0) is 42.5 Å². The van der Waals surface area contributed by atoms with E-state index in [2.05, 4.69) is 48.0 Å². The summed E-state index contributed by atoms with van der Waals surface area (Å²) in [5.41, 5.74) is 3.07. The van der Waals surface area contributed by atoms with E-state index in [-0.39, 0.29) is 0 Å². The molecular weight excluding hydrogens is 266 g/mol. The zero-order valence-electron chi connectivity index (χ0n) is 12.1. The molecule has 1 aliphatic carbocycles. The Bertz CT molecular complexity index is 578. The fourth-order valence-corrected chi connectivity index (χ4v) is 3.97. The average molecular weight is 287 g/mol. The summed E-state index contributed by atoms with van der Waals surface area (Å²) in [7, 11) is 1.73. The van der Waals surface area contributed by atoms with Gasteiger partial charge in [0.25, 0.3) is 0 Å². The summed E-state index contributed by atoms with van der Waals surface area (Å²) in [6, 6.07) is 11.4. The van der Waals surface area contributed by atoms with Crippen LogP contribution in [0.5, 0.6) is 5.75 Å². The van der Waals surface area contributed by atoms with Gasteiger partial charge in [0, 0.05) is 16.3 Å². The molecule has 1 aromatic carbocycles. The summed E-state index contributed by atoms with van der Waals surface area (Å²) < 4.78 is 5.31. The fraction of sp³-hybridized carbons (Fsp3) is 0.412. The lowest BCUT2D eigenvalue weighted by atomic mass is 9.74.